The second-order valence-corrected chi connectivity index (χ2v) is 10.2. The summed E-state index contributed by atoms with van der Waals surface area (Å²) in [5.74, 6) is 0.0282. The monoisotopic (exact) mass is 434 g/mol. The second-order valence-electron chi connectivity index (χ2n) is 10.2. The molecule has 6 heteroatoms. The van der Waals surface area contributed by atoms with E-state index in [1.807, 2.05) is 20.8 Å². The van der Waals surface area contributed by atoms with E-state index in [1.54, 1.807) is 0 Å². The molecular formula is C25H38O6. The molecule has 2 aliphatic carbocycles. The summed E-state index contributed by atoms with van der Waals surface area (Å²) in [4.78, 5) is 24.6. The van der Waals surface area contributed by atoms with Crippen molar-refractivity contribution in [3.05, 3.63) is 23.8 Å². The zero-order valence-corrected chi connectivity index (χ0v) is 19.3. The van der Waals surface area contributed by atoms with E-state index in [4.69, 9.17) is 9.47 Å². The Morgan fingerprint density at radius 2 is 2.03 bits per heavy atom. The van der Waals surface area contributed by atoms with Gasteiger partial charge in [-0.3, -0.25) is 9.59 Å². The molecule has 0 aromatic heterocycles. The summed E-state index contributed by atoms with van der Waals surface area (Å²) in [6, 6.07) is 0. The number of rotatable bonds is 7. The van der Waals surface area contributed by atoms with Crippen molar-refractivity contribution in [2.45, 2.75) is 84.5 Å². The average Bonchev–Trinajstić information content (AvgIpc) is 2.72. The Morgan fingerprint density at radius 1 is 1.29 bits per heavy atom. The molecule has 3 aliphatic rings. The Kier molecular flexibility index (Phi) is 7.63. The number of ether oxygens (including phenoxy) is 2. The van der Waals surface area contributed by atoms with Gasteiger partial charge in [-0.05, 0) is 56.9 Å². The molecule has 0 unspecified atom stereocenters. The average molecular weight is 435 g/mol. The SMILES string of the molecule is CCC(C)(C)C(=O)O[C@H]1C[C@@H](CO)C=C2C=C[C@H](C)[C@H](CC[C@@H]3C[C@@H](O)CC(=O)O3)[C@H]21. The Balaban J connectivity index is 1.79. The Labute approximate surface area is 185 Å². The summed E-state index contributed by atoms with van der Waals surface area (Å²) in [7, 11) is 0. The molecular weight excluding hydrogens is 396 g/mol. The standard InChI is InChI=1S/C25H38O6/c1-5-25(3,4)24(29)31-21-11-16(14-26)10-17-7-6-15(2)20(23(17)21)9-8-19-12-18(27)13-22(28)30-19/h6-7,10,15-16,18-21,23,26-27H,5,8-9,11-14H2,1-4H3/t15-,16-,18+,19+,20-,21-,23-/m0/s1. The van der Waals surface area contributed by atoms with Crippen LogP contribution in [-0.2, 0) is 19.1 Å². The summed E-state index contributed by atoms with van der Waals surface area (Å²) < 4.78 is 11.6. The zero-order valence-electron chi connectivity index (χ0n) is 19.3. The summed E-state index contributed by atoms with van der Waals surface area (Å²) in [5, 5.41) is 19.7. The van der Waals surface area contributed by atoms with Gasteiger partial charge < -0.3 is 19.7 Å². The number of aliphatic hydroxyl groups excluding tert-OH is 2. The lowest BCUT2D eigenvalue weighted by Crippen LogP contribution is -2.44. The van der Waals surface area contributed by atoms with Crippen LogP contribution in [0.4, 0.5) is 0 Å². The van der Waals surface area contributed by atoms with E-state index < -0.39 is 11.5 Å². The number of aliphatic hydroxyl groups is 2. The quantitative estimate of drug-likeness (QED) is 0.595. The molecule has 31 heavy (non-hydrogen) atoms. The topological polar surface area (TPSA) is 93.1 Å². The van der Waals surface area contributed by atoms with E-state index in [9.17, 15) is 19.8 Å². The molecule has 1 heterocycles. The molecule has 0 spiro atoms. The maximum absolute atomic E-state index is 12.9. The molecule has 0 amide bonds. The van der Waals surface area contributed by atoms with Crippen LogP contribution in [0.3, 0.4) is 0 Å². The molecule has 2 N–H and O–H groups in total. The normalized spacial score (nSPS) is 35.7. The van der Waals surface area contributed by atoms with Crippen LogP contribution < -0.4 is 0 Å². The molecule has 1 aliphatic heterocycles. The highest BCUT2D eigenvalue weighted by atomic mass is 16.6. The van der Waals surface area contributed by atoms with Crippen LogP contribution in [0.2, 0.25) is 0 Å². The number of fused-ring (bicyclic) bond motifs is 1. The van der Waals surface area contributed by atoms with Crippen molar-refractivity contribution >= 4 is 11.9 Å². The first-order chi connectivity index (χ1) is 14.6. The highest BCUT2D eigenvalue weighted by molar-refractivity contribution is 5.76. The number of carbonyl (C=O) groups excluding carboxylic acids is 2. The van der Waals surface area contributed by atoms with Crippen molar-refractivity contribution in [3.8, 4) is 0 Å². The highest BCUT2D eigenvalue weighted by Crippen LogP contribution is 2.45. The number of hydrogen-bond acceptors (Lipinski definition) is 6. The smallest absolute Gasteiger partial charge is 0.311 e. The van der Waals surface area contributed by atoms with Crippen LogP contribution in [0.5, 0.6) is 0 Å². The lowest BCUT2D eigenvalue weighted by molar-refractivity contribution is -0.166. The molecule has 0 saturated carbocycles. The Morgan fingerprint density at radius 3 is 2.68 bits per heavy atom. The van der Waals surface area contributed by atoms with Gasteiger partial charge in [0.2, 0.25) is 0 Å². The maximum Gasteiger partial charge on any atom is 0.311 e. The first-order valence-corrected chi connectivity index (χ1v) is 11.7. The fraction of sp³-hybridized carbons (Fsp3) is 0.760. The van der Waals surface area contributed by atoms with Crippen molar-refractivity contribution in [1.29, 1.82) is 0 Å². The predicted octanol–water partition coefficient (Wildman–Crippen LogP) is 3.56. The van der Waals surface area contributed by atoms with Gasteiger partial charge in [0.05, 0.1) is 17.9 Å². The Bertz CT molecular complexity index is 724. The van der Waals surface area contributed by atoms with Crippen LogP contribution in [-0.4, -0.2) is 47.1 Å². The van der Waals surface area contributed by atoms with Crippen molar-refractivity contribution in [3.63, 3.8) is 0 Å². The van der Waals surface area contributed by atoms with Crippen LogP contribution in [0.1, 0.15) is 66.2 Å². The fourth-order valence-corrected chi connectivity index (χ4v) is 5.08. The number of cyclic esters (lactones) is 1. The van der Waals surface area contributed by atoms with Gasteiger partial charge in [0.25, 0.3) is 0 Å². The van der Waals surface area contributed by atoms with Gasteiger partial charge >= 0.3 is 11.9 Å². The minimum Gasteiger partial charge on any atom is -0.462 e. The molecule has 0 aromatic carbocycles. The number of esters is 2. The summed E-state index contributed by atoms with van der Waals surface area (Å²) >= 11 is 0. The largest absolute Gasteiger partial charge is 0.462 e. The van der Waals surface area contributed by atoms with Crippen molar-refractivity contribution in [2.24, 2.45) is 29.1 Å². The fourth-order valence-electron chi connectivity index (χ4n) is 5.08. The van der Waals surface area contributed by atoms with Gasteiger partial charge in [-0.15, -0.1) is 0 Å². The molecule has 7 atom stereocenters. The summed E-state index contributed by atoms with van der Waals surface area (Å²) in [6.07, 6.45) is 8.60. The van der Waals surface area contributed by atoms with Crippen LogP contribution >= 0.6 is 0 Å². The van der Waals surface area contributed by atoms with Crippen molar-refractivity contribution in [1.82, 2.24) is 0 Å². The minimum absolute atomic E-state index is 0.0260. The third kappa shape index (κ3) is 5.58. The van der Waals surface area contributed by atoms with E-state index >= 15 is 0 Å². The molecule has 0 bridgehead atoms. The van der Waals surface area contributed by atoms with Crippen molar-refractivity contribution in [2.75, 3.05) is 6.61 Å². The van der Waals surface area contributed by atoms with Crippen LogP contribution in [0.25, 0.3) is 0 Å². The van der Waals surface area contributed by atoms with E-state index in [-0.39, 0.29) is 60.8 Å². The molecule has 1 saturated heterocycles. The third-order valence-corrected chi connectivity index (χ3v) is 7.46. The first-order valence-electron chi connectivity index (χ1n) is 11.7. The first kappa shape index (κ1) is 24.0. The maximum atomic E-state index is 12.9. The van der Waals surface area contributed by atoms with Gasteiger partial charge in [0.1, 0.15) is 12.2 Å². The van der Waals surface area contributed by atoms with Crippen LogP contribution in [0, 0.1) is 29.1 Å². The van der Waals surface area contributed by atoms with E-state index in [0.717, 1.165) is 12.0 Å². The lowest BCUT2D eigenvalue weighted by atomic mass is 9.65. The van der Waals surface area contributed by atoms with E-state index in [0.29, 0.717) is 25.7 Å². The second kappa shape index (κ2) is 9.86. The summed E-state index contributed by atoms with van der Waals surface area (Å²) in [6.45, 7) is 8.00. The lowest BCUT2D eigenvalue weighted by Gasteiger charge is -2.44. The Hall–Kier alpha value is -1.66. The number of carbonyl (C=O) groups is 2. The molecule has 174 valence electrons. The molecule has 6 nitrogen and oxygen atoms in total. The van der Waals surface area contributed by atoms with Gasteiger partial charge in [-0.2, -0.15) is 0 Å². The number of hydrogen-bond donors (Lipinski definition) is 2. The zero-order chi connectivity index (χ0) is 22.8. The minimum atomic E-state index is -0.629. The third-order valence-electron chi connectivity index (χ3n) is 7.46. The number of allylic oxidation sites excluding steroid dienone is 2. The van der Waals surface area contributed by atoms with Crippen LogP contribution in [0.15, 0.2) is 23.8 Å². The molecule has 3 rings (SSSR count). The predicted molar refractivity (Wildman–Crippen MR) is 117 cm³/mol. The van der Waals surface area contributed by atoms with Gasteiger partial charge in [0, 0.05) is 24.9 Å². The molecule has 0 aromatic rings. The van der Waals surface area contributed by atoms with Gasteiger partial charge in [0.15, 0.2) is 0 Å². The highest BCUT2D eigenvalue weighted by Gasteiger charge is 2.43. The van der Waals surface area contributed by atoms with Gasteiger partial charge in [-0.25, -0.2) is 0 Å². The molecule has 0 radical (unpaired) electrons. The van der Waals surface area contributed by atoms with Gasteiger partial charge in [-0.1, -0.05) is 32.1 Å². The molecule has 1 fully saturated rings. The summed E-state index contributed by atoms with van der Waals surface area (Å²) in [5.41, 5.74) is 0.579. The van der Waals surface area contributed by atoms with Crippen molar-refractivity contribution < 1.29 is 29.3 Å². The van der Waals surface area contributed by atoms with E-state index in [2.05, 4.69) is 25.2 Å². The van der Waals surface area contributed by atoms with E-state index in [1.165, 1.54) is 0 Å².